The van der Waals surface area contributed by atoms with Gasteiger partial charge in [0, 0.05) is 25.5 Å². The van der Waals surface area contributed by atoms with Crippen molar-refractivity contribution >= 4 is 10.0 Å². The van der Waals surface area contributed by atoms with Crippen molar-refractivity contribution in [2.45, 2.75) is 48.8 Å². The Kier molecular flexibility index (Phi) is 4.13. The maximum Gasteiger partial charge on any atom is 0.245 e. The lowest BCUT2D eigenvalue weighted by molar-refractivity contribution is -0.0542. The van der Waals surface area contributed by atoms with Crippen molar-refractivity contribution in [1.29, 1.82) is 0 Å². The molecule has 3 aliphatic rings. The molecule has 1 aliphatic heterocycles. The molecule has 23 heavy (non-hydrogen) atoms. The van der Waals surface area contributed by atoms with Gasteiger partial charge in [0.05, 0.1) is 18.8 Å². The van der Waals surface area contributed by atoms with Gasteiger partial charge in [-0.2, -0.15) is 4.31 Å². The van der Waals surface area contributed by atoms with E-state index in [0.717, 1.165) is 19.4 Å². The molecule has 1 aromatic heterocycles. The lowest BCUT2D eigenvalue weighted by Gasteiger charge is -2.30. The predicted molar refractivity (Wildman–Crippen MR) is 83.4 cm³/mol. The Morgan fingerprint density at radius 3 is 2.91 bits per heavy atom. The lowest BCUT2D eigenvalue weighted by atomic mass is 10.2. The van der Waals surface area contributed by atoms with E-state index in [0.29, 0.717) is 19.1 Å². The molecule has 2 bridgehead atoms. The Morgan fingerprint density at radius 2 is 2.17 bits per heavy atom. The summed E-state index contributed by atoms with van der Waals surface area (Å²) in [7, 11) is -3.56. The number of ether oxygens (including phenoxy) is 2. The van der Waals surface area contributed by atoms with Crippen LogP contribution in [0.5, 0.6) is 0 Å². The second-order valence-electron chi connectivity index (χ2n) is 6.60. The van der Waals surface area contributed by atoms with Crippen LogP contribution in [0.4, 0.5) is 0 Å². The third kappa shape index (κ3) is 3.03. The van der Waals surface area contributed by atoms with Gasteiger partial charge in [0.1, 0.15) is 11.0 Å². The normalized spacial score (nSPS) is 31.9. The molecule has 2 aliphatic carbocycles. The highest BCUT2D eigenvalue weighted by Crippen LogP contribution is 2.37. The second-order valence-corrected chi connectivity index (χ2v) is 8.49. The number of hydrogen-bond donors (Lipinski definition) is 0. The molecule has 6 nitrogen and oxygen atoms in total. The SMILES string of the molecule is O=S(=O)(c1cccnc1)N1CCO[C@H]2CC[C@H]1[C@H]2OCC1CC1. The summed E-state index contributed by atoms with van der Waals surface area (Å²) in [4.78, 5) is 4.19. The molecular weight excluding hydrogens is 316 g/mol. The first-order chi connectivity index (χ1) is 11.2. The van der Waals surface area contributed by atoms with Gasteiger partial charge in [-0.05, 0) is 43.7 Å². The summed E-state index contributed by atoms with van der Waals surface area (Å²) in [6.07, 6.45) is 6.96. The van der Waals surface area contributed by atoms with Gasteiger partial charge >= 0.3 is 0 Å². The van der Waals surface area contributed by atoms with E-state index in [1.165, 1.54) is 19.0 Å². The van der Waals surface area contributed by atoms with Gasteiger partial charge in [0.15, 0.2) is 0 Å². The van der Waals surface area contributed by atoms with Gasteiger partial charge in [0.25, 0.3) is 0 Å². The average molecular weight is 338 g/mol. The fourth-order valence-corrected chi connectivity index (χ4v) is 5.15. The van der Waals surface area contributed by atoms with E-state index in [-0.39, 0.29) is 23.1 Å². The van der Waals surface area contributed by atoms with Gasteiger partial charge in [-0.15, -0.1) is 0 Å². The zero-order valence-electron chi connectivity index (χ0n) is 13.0. The highest BCUT2D eigenvalue weighted by atomic mass is 32.2. The highest BCUT2D eigenvalue weighted by Gasteiger charge is 2.47. The number of fused-ring (bicyclic) bond motifs is 2. The fourth-order valence-electron chi connectivity index (χ4n) is 3.54. The van der Waals surface area contributed by atoms with Crippen LogP contribution in [0.1, 0.15) is 25.7 Å². The first kappa shape index (κ1) is 15.5. The minimum Gasteiger partial charge on any atom is -0.374 e. The van der Waals surface area contributed by atoms with Crippen LogP contribution in [-0.2, 0) is 19.5 Å². The van der Waals surface area contributed by atoms with Gasteiger partial charge in [0.2, 0.25) is 10.0 Å². The molecule has 7 heteroatoms. The van der Waals surface area contributed by atoms with Crippen molar-refractivity contribution in [3.8, 4) is 0 Å². The molecule has 0 N–H and O–H groups in total. The summed E-state index contributed by atoms with van der Waals surface area (Å²) < 4.78 is 39.5. The zero-order chi connectivity index (χ0) is 15.9. The van der Waals surface area contributed by atoms with Crippen LogP contribution in [0, 0.1) is 5.92 Å². The molecule has 1 saturated heterocycles. The maximum atomic E-state index is 13.0. The molecule has 0 aromatic carbocycles. The van der Waals surface area contributed by atoms with Crippen molar-refractivity contribution in [3.05, 3.63) is 24.5 Å². The van der Waals surface area contributed by atoms with E-state index in [9.17, 15) is 8.42 Å². The number of hydrogen-bond acceptors (Lipinski definition) is 5. The summed E-state index contributed by atoms with van der Waals surface area (Å²) in [6.45, 7) is 1.52. The van der Waals surface area contributed by atoms with E-state index in [1.807, 2.05) is 0 Å². The molecule has 2 heterocycles. The largest absolute Gasteiger partial charge is 0.374 e. The van der Waals surface area contributed by atoms with Crippen LogP contribution in [0.2, 0.25) is 0 Å². The topological polar surface area (TPSA) is 68.7 Å². The van der Waals surface area contributed by atoms with Crippen LogP contribution in [0.25, 0.3) is 0 Å². The third-order valence-electron chi connectivity index (χ3n) is 4.97. The number of aromatic nitrogens is 1. The first-order valence-electron chi connectivity index (χ1n) is 8.31. The predicted octanol–water partition coefficient (Wildman–Crippen LogP) is 1.43. The van der Waals surface area contributed by atoms with Gasteiger partial charge in [-0.25, -0.2) is 8.42 Å². The smallest absolute Gasteiger partial charge is 0.245 e. The summed E-state index contributed by atoms with van der Waals surface area (Å²) in [6, 6.07) is 3.12. The summed E-state index contributed by atoms with van der Waals surface area (Å²) in [5.74, 6) is 0.654. The average Bonchev–Trinajstić information content (AvgIpc) is 3.31. The van der Waals surface area contributed by atoms with Gasteiger partial charge < -0.3 is 9.47 Å². The number of pyridine rings is 1. The van der Waals surface area contributed by atoms with Crippen LogP contribution in [-0.4, -0.2) is 55.7 Å². The standard InChI is InChI=1S/C16H22N2O4S/c19-23(20,13-2-1-7-17-10-13)18-8-9-21-15-6-5-14(18)16(15)22-11-12-3-4-12/h1-2,7,10,12,14-16H,3-6,8-9,11H2/t14-,15-,16+/m0/s1. The van der Waals surface area contributed by atoms with E-state index in [4.69, 9.17) is 9.47 Å². The fraction of sp³-hybridized carbons (Fsp3) is 0.688. The van der Waals surface area contributed by atoms with Gasteiger partial charge in [-0.1, -0.05) is 0 Å². The van der Waals surface area contributed by atoms with E-state index in [2.05, 4.69) is 4.98 Å². The molecule has 1 aromatic rings. The monoisotopic (exact) mass is 338 g/mol. The molecule has 0 amide bonds. The summed E-state index contributed by atoms with van der Waals surface area (Å²) in [5, 5.41) is 0. The minimum absolute atomic E-state index is 0.0212. The van der Waals surface area contributed by atoms with Crippen LogP contribution in [0.3, 0.4) is 0 Å². The Bertz CT molecular complexity index is 647. The Hall–Kier alpha value is -1.02. The molecule has 2 saturated carbocycles. The molecule has 3 atom stereocenters. The van der Waals surface area contributed by atoms with E-state index < -0.39 is 10.0 Å². The summed E-state index contributed by atoms with van der Waals surface area (Å²) >= 11 is 0. The Balaban J connectivity index is 1.59. The Labute approximate surface area is 136 Å². The molecular formula is C16H22N2O4S. The molecule has 0 spiro atoms. The molecule has 0 unspecified atom stereocenters. The van der Waals surface area contributed by atoms with Gasteiger partial charge in [-0.3, -0.25) is 4.98 Å². The molecule has 126 valence electrons. The van der Waals surface area contributed by atoms with Crippen LogP contribution < -0.4 is 0 Å². The zero-order valence-corrected chi connectivity index (χ0v) is 13.8. The van der Waals surface area contributed by atoms with E-state index in [1.54, 1.807) is 22.6 Å². The Morgan fingerprint density at radius 1 is 1.30 bits per heavy atom. The molecule has 3 fully saturated rings. The minimum atomic E-state index is -3.56. The van der Waals surface area contributed by atoms with Crippen molar-refractivity contribution in [2.24, 2.45) is 5.92 Å². The van der Waals surface area contributed by atoms with Crippen molar-refractivity contribution < 1.29 is 17.9 Å². The molecule has 4 rings (SSSR count). The highest BCUT2D eigenvalue weighted by molar-refractivity contribution is 7.89. The van der Waals surface area contributed by atoms with Crippen molar-refractivity contribution in [2.75, 3.05) is 19.8 Å². The van der Waals surface area contributed by atoms with Crippen molar-refractivity contribution in [3.63, 3.8) is 0 Å². The van der Waals surface area contributed by atoms with Crippen LogP contribution in [0.15, 0.2) is 29.4 Å². The number of nitrogens with zero attached hydrogens (tertiary/aromatic N) is 2. The lowest BCUT2D eigenvalue weighted by Crippen LogP contribution is -2.46. The van der Waals surface area contributed by atoms with Crippen molar-refractivity contribution in [1.82, 2.24) is 9.29 Å². The first-order valence-corrected chi connectivity index (χ1v) is 9.75. The quantitative estimate of drug-likeness (QED) is 0.812. The second kappa shape index (κ2) is 6.12. The number of sulfonamides is 1. The number of rotatable bonds is 5. The summed E-state index contributed by atoms with van der Waals surface area (Å²) in [5.41, 5.74) is 0. The maximum absolute atomic E-state index is 13.0. The van der Waals surface area contributed by atoms with Crippen LogP contribution >= 0.6 is 0 Å². The van der Waals surface area contributed by atoms with E-state index >= 15 is 0 Å². The third-order valence-corrected chi connectivity index (χ3v) is 6.88. The molecule has 0 radical (unpaired) electrons.